The molecular weight excluding hydrogens is 211 g/mol. The van der Waals surface area contributed by atoms with Gasteiger partial charge < -0.3 is 5.11 Å². The molecule has 0 saturated heterocycles. The molecule has 1 spiro atoms. The van der Waals surface area contributed by atoms with Gasteiger partial charge in [-0.2, -0.15) is 0 Å². The number of hydrogen-bond donors (Lipinski definition) is 1. The first-order chi connectivity index (χ1) is 6.08. The molecule has 2 saturated carbocycles. The predicted molar refractivity (Wildman–Crippen MR) is 50.7 cm³/mol. The van der Waals surface area contributed by atoms with Gasteiger partial charge in [-0.1, -0.05) is 29.6 Å². The number of hydrogen-bond acceptors (Lipinski definition) is 1. The molecule has 0 radical (unpaired) electrons. The molecule has 2 atom stereocenters. The van der Waals surface area contributed by atoms with Crippen molar-refractivity contribution in [2.45, 2.75) is 19.3 Å². The maximum atomic E-state index is 10.8. The van der Waals surface area contributed by atoms with Crippen molar-refractivity contribution in [2.75, 3.05) is 0 Å². The molecule has 0 heterocycles. The molecule has 0 amide bonds. The standard InChI is InChI=1S/C9H10Cl2O2/c10-6(11)4-5-7(8(12)13)9(5)2-1-3-9/h4-5,7H,1-3H2,(H,12,13). The molecule has 0 aromatic carbocycles. The molecule has 1 N–H and O–H groups in total. The van der Waals surface area contributed by atoms with Gasteiger partial charge in [-0.05, 0) is 30.3 Å². The normalized spacial score (nSPS) is 33.7. The summed E-state index contributed by atoms with van der Waals surface area (Å²) in [6, 6.07) is 0. The molecule has 2 unspecified atom stereocenters. The third kappa shape index (κ3) is 1.27. The van der Waals surface area contributed by atoms with Gasteiger partial charge in [0.05, 0.1) is 5.92 Å². The van der Waals surface area contributed by atoms with E-state index in [1.807, 2.05) is 0 Å². The average Bonchev–Trinajstić information content (AvgIpc) is 2.54. The van der Waals surface area contributed by atoms with Crippen LogP contribution < -0.4 is 0 Å². The maximum Gasteiger partial charge on any atom is 0.307 e. The summed E-state index contributed by atoms with van der Waals surface area (Å²) in [5.41, 5.74) is 0.0147. The van der Waals surface area contributed by atoms with E-state index >= 15 is 0 Å². The quantitative estimate of drug-likeness (QED) is 0.778. The van der Waals surface area contributed by atoms with Crippen LogP contribution in [0.25, 0.3) is 0 Å². The number of halogens is 2. The van der Waals surface area contributed by atoms with Gasteiger partial charge in [-0.15, -0.1) is 0 Å². The molecule has 2 nitrogen and oxygen atoms in total. The van der Waals surface area contributed by atoms with Gasteiger partial charge in [0.15, 0.2) is 0 Å². The van der Waals surface area contributed by atoms with Gasteiger partial charge in [0.2, 0.25) is 0 Å². The second kappa shape index (κ2) is 2.89. The van der Waals surface area contributed by atoms with Gasteiger partial charge in [0, 0.05) is 0 Å². The number of rotatable bonds is 2. The van der Waals surface area contributed by atoms with E-state index < -0.39 is 5.97 Å². The summed E-state index contributed by atoms with van der Waals surface area (Å²) >= 11 is 11.0. The van der Waals surface area contributed by atoms with E-state index in [1.54, 1.807) is 6.08 Å². The Balaban J connectivity index is 2.13. The average molecular weight is 221 g/mol. The Labute approximate surface area is 86.5 Å². The SMILES string of the molecule is O=C(O)C1C(C=C(Cl)Cl)C12CCC2. The number of carbonyl (C=O) groups is 1. The third-order valence-electron chi connectivity index (χ3n) is 3.39. The summed E-state index contributed by atoms with van der Waals surface area (Å²) in [4.78, 5) is 10.8. The van der Waals surface area contributed by atoms with E-state index in [0.717, 1.165) is 19.3 Å². The minimum absolute atomic E-state index is 0.0147. The molecule has 2 aliphatic rings. The van der Waals surface area contributed by atoms with Crippen molar-refractivity contribution in [1.29, 1.82) is 0 Å². The van der Waals surface area contributed by atoms with Crippen molar-refractivity contribution in [2.24, 2.45) is 17.3 Å². The van der Waals surface area contributed by atoms with Crippen LogP contribution in [-0.2, 0) is 4.79 Å². The molecular formula is C9H10Cl2O2. The number of aliphatic carboxylic acids is 1. The Morgan fingerprint density at radius 1 is 1.46 bits per heavy atom. The number of allylic oxidation sites excluding steroid dienone is 1. The van der Waals surface area contributed by atoms with Crippen LogP contribution >= 0.6 is 23.2 Å². The molecule has 2 rings (SSSR count). The smallest absolute Gasteiger partial charge is 0.307 e. The largest absolute Gasteiger partial charge is 0.481 e. The number of carboxylic acids is 1. The van der Waals surface area contributed by atoms with Crippen molar-refractivity contribution in [3.05, 3.63) is 10.6 Å². The lowest BCUT2D eigenvalue weighted by Gasteiger charge is -2.26. The molecule has 0 aromatic heterocycles. The minimum Gasteiger partial charge on any atom is -0.481 e. The van der Waals surface area contributed by atoms with Crippen LogP contribution in [0.1, 0.15) is 19.3 Å². The summed E-state index contributed by atoms with van der Waals surface area (Å²) in [6.07, 6.45) is 4.83. The third-order valence-corrected chi connectivity index (χ3v) is 3.64. The topological polar surface area (TPSA) is 37.3 Å². The highest BCUT2D eigenvalue weighted by molar-refractivity contribution is 6.55. The molecule has 4 heteroatoms. The first-order valence-electron chi connectivity index (χ1n) is 4.33. The lowest BCUT2D eigenvalue weighted by atomic mass is 9.78. The summed E-state index contributed by atoms with van der Waals surface area (Å²) in [5, 5.41) is 8.92. The van der Waals surface area contributed by atoms with Crippen LogP contribution in [0, 0.1) is 17.3 Å². The minimum atomic E-state index is -0.712. The Bertz CT molecular complexity index is 277. The highest BCUT2D eigenvalue weighted by atomic mass is 35.5. The van der Waals surface area contributed by atoms with E-state index in [0.29, 0.717) is 0 Å². The van der Waals surface area contributed by atoms with Crippen molar-refractivity contribution in [3.8, 4) is 0 Å². The Morgan fingerprint density at radius 3 is 2.31 bits per heavy atom. The molecule has 0 aromatic rings. The molecule has 2 fully saturated rings. The highest BCUT2D eigenvalue weighted by Crippen LogP contribution is 2.70. The summed E-state index contributed by atoms with van der Waals surface area (Å²) in [6.45, 7) is 0. The van der Waals surface area contributed by atoms with Crippen LogP contribution in [0.15, 0.2) is 10.6 Å². The zero-order chi connectivity index (χ0) is 9.64. The van der Waals surface area contributed by atoms with Crippen LogP contribution in [0.2, 0.25) is 0 Å². The molecule has 0 bridgehead atoms. The maximum absolute atomic E-state index is 10.8. The fourth-order valence-corrected chi connectivity index (χ4v) is 2.82. The van der Waals surface area contributed by atoms with E-state index in [4.69, 9.17) is 28.3 Å². The van der Waals surface area contributed by atoms with Crippen molar-refractivity contribution >= 4 is 29.2 Å². The van der Waals surface area contributed by atoms with Gasteiger partial charge in [-0.3, -0.25) is 4.79 Å². The molecule has 72 valence electrons. The van der Waals surface area contributed by atoms with Gasteiger partial charge >= 0.3 is 5.97 Å². The van der Waals surface area contributed by atoms with E-state index in [1.165, 1.54) is 0 Å². The zero-order valence-electron chi connectivity index (χ0n) is 6.96. The lowest BCUT2D eigenvalue weighted by Crippen LogP contribution is -2.18. The second-order valence-corrected chi connectivity index (χ2v) is 4.89. The molecule has 13 heavy (non-hydrogen) atoms. The van der Waals surface area contributed by atoms with E-state index in [9.17, 15) is 4.79 Å². The van der Waals surface area contributed by atoms with Gasteiger partial charge in [0.1, 0.15) is 4.49 Å². The summed E-state index contributed by atoms with van der Waals surface area (Å²) in [7, 11) is 0. The van der Waals surface area contributed by atoms with Gasteiger partial charge in [0.25, 0.3) is 0 Å². The van der Waals surface area contributed by atoms with E-state index in [-0.39, 0.29) is 21.7 Å². The highest BCUT2D eigenvalue weighted by Gasteiger charge is 2.69. The first-order valence-corrected chi connectivity index (χ1v) is 5.09. The Hall–Kier alpha value is -0.210. The molecule has 2 aliphatic carbocycles. The predicted octanol–water partition coefficient (Wildman–Crippen LogP) is 2.81. The van der Waals surface area contributed by atoms with Gasteiger partial charge in [-0.25, -0.2) is 0 Å². The fourth-order valence-electron chi connectivity index (χ4n) is 2.55. The Kier molecular flexibility index (Phi) is 2.08. The van der Waals surface area contributed by atoms with Crippen LogP contribution in [-0.4, -0.2) is 11.1 Å². The summed E-state index contributed by atoms with van der Waals surface area (Å²) < 4.78 is 0.194. The summed E-state index contributed by atoms with van der Waals surface area (Å²) in [5.74, 6) is -0.881. The fraction of sp³-hybridized carbons (Fsp3) is 0.667. The van der Waals surface area contributed by atoms with Crippen molar-refractivity contribution < 1.29 is 9.90 Å². The van der Waals surface area contributed by atoms with E-state index in [2.05, 4.69) is 0 Å². The van der Waals surface area contributed by atoms with Crippen LogP contribution in [0.4, 0.5) is 0 Å². The second-order valence-electron chi connectivity index (χ2n) is 3.88. The monoisotopic (exact) mass is 220 g/mol. The van der Waals surface area contributed by atoms with Crippen molar-refractivity contribution in [3.63, 3.8) is 0 Å². The number of carboxylic acid groups (broad SMARTS) is 1. The van der Waals surface area contributed by atoms with Crippen LogP contribution in [0.3, 0.4) is 0 Å². The van der Waals surface area contributed by atoms with Crippen LogP contribution in [0.5, 0.6) is 0 Å². The lowest BCUT2D eigenvalue weighted by molar-refractivity contribution is -0.140. The zero-order valence-corrected chi connectivity index (χ0v) is 8.48. The molecule has 0 aliphatic heterocycles. The first kappa shape index (κ1) is 9.35. The van der Waals surface area contributed by atoms with Crippen molar-refractivity contribution in [1.82, 2.24) is 0 Å². The Morgan fingerprint density at radius 2 is 2.08 bits per heavy atom.